The van der Waals surface area contributed by atoms with Gasteiger partial charge in [0, 0.05) is 12.1 Å². The monoisotopic (exact) mass is 379 g/mol. The molecule has 0 atom stereocenters. The lowest BCUT2D eigenvalue weighted by Crippen LogP contribution is -2.03. The molecule has 0 aliphatic heterocycles. The number of hydrogen-bond donors (Lipinski definition) is 1. The van der Waals surface area contributed by atoms with Gasteiger partial charge < -0.3 is 4.98 Å². The summed E-state index contributed by atoms with van der Waals surface area (Å²) >= 11 is 17.8. The third kappa shape index (κ3) is 2.62. The van der Waals surface area contributed by atoms with Gasteiger partial charge >= 0.3 is 0 Å². The first kappa shape index (κ1) is 15.7. The highest BCUT2D eigenvalue weighted by molar-refractivity contribution is 6.66. The Morgan fingerprint density at radius 3 is 2.62 bits per heavy atom. The van der Waals surface area contributed by atoms with Crippen LogP contribution in [0.25, 0.3) is 16.7 Å². The van der Waals surface area contributed by atoms with Crippen molar-refractivity contribution in [2.45, 2.75) is 17.1 Å². The van der Waals surface area contributed by atoms with Crippen LogP contribution in [0, 0.1) is 6.92 Å². The van der Waals surface area contributed by atoms with Gasteiger partial charge in [-0.3, -0.25) is 0 Å². The van der Waals surface area contributed by atoms with Crippen LogP contribution < -0.4 is 0 Å². The topological polar surface area (TPSA) is 58.9 Å². The fraction of sp³-hybridized carbons (Fsp3) is 0.188. The quantitative estimate of drug-likeness (QED) is 0.527. The van der Waals surface area contributed by atoms with Gasteiger partial charge in [-0.15, -0.1) is 5.10 Å². The van der Waals surface area contributed by atoms with Crippen molar-refractivity contribution in [3.05, 3.63) is 59.3 Å². The Balaban J connectivity index is 1.96. The van der Waals surface area contributed by atoms with Gasteiger partial charge in [0.15, 0.2) is 5.65 Å². The lowest BCUT2D eigenvalue weighted by Gasteiger charge is -2.03. The highest BCUT2D eigenvalue weighted by Crippen LogP contribution is 2.37. The van der Waals surface area contributed by atoms with E-state index >= 15 is 0 Å². The molecular formula is C16H12Cl3N5. The number of aromatic amines is 1. The third-order valence-corrected chi connectivity index (χ3v) is 4.43. The van der Waals surface area contributed by atoms with Crippen molar-refractivity contribution in [2.75, 3.05) is 0 Å². The van der Waals surface area contributed by atoms with E-state index in [0.717, 1.165) is 28.7 Å². The predicted octanol–water partition coefficient (Wildman–Crippen LogP) is 4.33. The predicted molar refractivity (Wildman–Crippen MR) is 95.9 cm³/mol. The van der Waals surface area contributed by atoms with Crippen molar-refractivity contribution in [2.24, 2.45) is 0 Å². The number of H-pyrrole nitrogens is 1. The maximum absolute atomic E-state index is 5.92. The summed E-state index contributed by atoms with van der Waals surface area (Å²) in [6, 6.07) is 10.2. The Labute approximate surface area is 152 Å². The van der Waals surface area contributed by atoms with Crippen LogP contribution in [0.4, 0.5) is 0 Å². The number of aryl methyl sites for hydroxylation is 1. The second-order valence-corrected chi connectivity index (χ2v) is 7.84. The molecule has 122 valence electrons. The molecule has 0 radical (unpaired) electrons. The number of rotatable bonds is 2. The standard InChI is InChI=1S/C16H12Cl3N5/c1-9-11(7-10-5-3-2-4-6-10)12-13(21-9)20-8-24-14(12)22-15(23-24)16(17,18)19/h2-6,8,21H,7H2,1H3. The van der Waals surface area contributed by atoms with Crippen molar-refractivity contribution in [3.63, 3.8) is 0 Å². The van der Waals surface area contributed by atoms with E-state index in [0.29, 0.717) is 5.65 Å². The number of aromatic nitrogens is 5. The summed E-state index contributed by atoms with van der Waals surface area (Å²) < 4.78 is -0.134. The zero-order valence-corrected chi connectivity index (χ0v) is 14.9. The van der Waals surface area contributed by atoms with E-state index in [1.807, 2.05) is 25.1 Å². The van der Waals surface area contributed by atoms with Gasteiger partial charge in [0.25, 0.3) is 3.79 Å². The summed E-state index contributed by atoms with van der Waals surface area (Å²) in [6.45, 7) is 2.02. The number of benzene rings is 1. The van der Waals surface area contributed by atoms with Crippen LogP contribution in [0.15, 0.2) is 36.7 Å². The second-order valence-electron chi connectivity index (χ2n) is 5.56. The van der Waals surface area contributed by atoms with Crippen LogP contribution >= 0.6 is 34.8 Å². The van der Waals surface area contributed by atoms with Crippen LogP contribution in [0.2, 0.25) is 0 Å². The van der Waals surface area contributed by atoms with Crippen LogP contribution in [0.5, 0.6) is 0 Å². The molecular weight excluding hydrogens is 369 g/mol. The summed E-state index contributed by atoms with van der Waals surface area (Å²) in [5.41, 5.74) is 4.71. The van der Waals surface area contributed by atoms with Crippen LogP contribution in [0.3, 0.4) is 0 Å². The number of hydrogen-bond acceptors (Lipinski definition) is 3. The number of fused-ring (bicyclic) bond motifs is 3. The smallest absolute Gasteiger partial charge is 0.252 e. The lowest BCUT2D eigenvalue weighted by atomic mass is 10.0. The number of alkyl halides is 3. The molecule has 0 amide bonds. The maximum atomic E-state index is 5.92. The molecule has 3 heterocycles. The molecule has 0 saturated heterocycles. The van der Waals surface area contributed by atoms with E-state index in [2.05, 4.69) is 32.2 Å². The van der Waals surface area contributed by atoms with Gasteiger partial charge in [-0.25, -0.2) is 14.5 Å². The second kappa shape index (κ2) is 5.62. The average Bonchev–Trinajstić information content (AvgIpc) is 3.10. The minimum Gasteiger partial charge on any atom is -0.343 e. The van der Waals surface area contributed by atoms with Gasteiger partial charge in [-0.1, -0.05) is 65.1 Å². The molecule has 1 N–H and O–H groups in total. The Morgan fingerprint density at radius 1 is 1.17 bits per heavy atom. The van der Waals surface area contributed by atoms with Crippen molar-refractivity contribution >= 4 is 51.5 Å². The van der Waals surface area contributed by atoms with Crippen molar-refractivity contribution in [1.82, 2.24) is 24.6 Å². The summed E-state index contributed by atoms with van der Waals surface area (Å²) in [7, 11) is 0. The molecule has 8 heteroatoms. The Morgan fingerprint density at radius 2 is 1.92 bits per heavy atom. The fourth-order valence-electron chi connectivity index (χ4n) is 2.81. The Kier molecular flexibility index (Phi) is 3.67. The molecule has 0 unspecified atom stereocenters. The van der Waals surface area contributed by atoms with Gasteiger partial charge in [-0.05, 0) is 18.1 Å². The van der Waals surface area contributed by atoms with E-state index in [9.17, 15) is 0 Å². The Hall–Kier alpha value is -1.82. The molecule has 4 rings (SSSR count). The average molecular weight is 381 g/mol. The van der Waals surface area contributed by atoms with Crippen molar-refractivity contribution in [3.8, 4) is 0 Å². The molecule has 0 aliphatic carbocycles. The Bertz CT molecular complexity index is 1030. The van der Waals surface area contributed by atoms with Crippen LogP contribution in [-0.4, -0.2) is 24.6 Å². The van der Waals surface area contributed by atoms with Crippen LogP contribution in [0.1, 0.15) is 22.6 Å². The van der Waals surface area contributed by atoms with E-state index in [1.165, 1.54) is 5.56 Å². The van der Waals surface area contributed by atoms with E-state index in [4.69, 9.17) is 34.8 Å². The SMILES string of the molecule is Cc1[nH]c2ncn3nc(C(Cl)(Cl)Cl)nc3c2c1Cc1ccccc1. The summed E-state index contributed by atoms with van der Waals surface area (Å²) in [5.74, 6) is 0.131. The molecule has 24 heavy (non-hydrogen) atoms. The normalized spacial score (nSPS) is 12.3. The minimum atomic E-state index is -1.68. The molecule has 0 fully saturated rings. The largest absolute Gasteiger partial charge is 0.343 e. The zero-order chi connectivity index (χ0) is 16.9. The van der Waals surface area contributed by atoms with Gasteiger partial charge in [0.05, 0.1) is 5.39 Å². The highest BCUT2D eigenvalue weighted by Gasteiger charge is 2.29. The fourth-order valence-corrected chi connectivity index (χ4v) is 3.05. The molecule has 0 spiro atoms. The van der Waals surface area contributed by atoms with Crippen LogP contribution in [-0.2, 0) is 10.2 Å². The molecule has 1 aromatic carbocycles. The van der Waals surface area contributed by atoms with Crippen molar-refractivity contribution in [1.29, 1.82) is 0 Å². The lowest BCUT2D eigenvalue weighted by molar-refractivity contribution is 0.881. The number of nitrogens with zero attached hydrogens (tertiary/aromatic N) is 4. The molecule has 3 aromatic heterocycles. The molecule has 0 aliphatic rings. The minimum absolute atomic E-state index is 0.131. The molecule has 5 nitrogen and oxygen atoms in total. The zero-order valence-electron chi connectivity index (χ0n) is 12.6. The first-order valence-electron chi connectivity index (χ1n) is 7.27. The van der Waals surface area contributed by atoms with Gasteiger partial charge in [0.2, 0.25) is 5.82 Å². The highest BCUT2D eigenvalue weighted by atomic mass is 35.6. The summed E-state index contributed by atoms with van der Waals surface area (Å²) in [5, 5.41) is 5.12. The first-order chi connectivity index (χ1) is 11.4. The summed E-state index contributed by atoms with van der Waals surface area (Å²) in [4.78, 5) is 12.1. The van der Waals surface area contributed by atoms with Crippen molar-refractivity contribution < 1.29 is 0 Å². The van der Waals surface area contributed by atoms with E-state index in [-0.39, 0.29) is 5.82 Å². The van der Waals surface area contributed by atoms with Gasteiger partial charge in [0.1, 0.15) is 12.0 Å². The molecule has 0 bridgehead atoms. The maximum Gasteiger partial charge on any atom is 0.252 e. The van der Waals surface area contributed by atoms with E-state index in [1.54, 1.807) is 10.8 Å². The molecule has 0 saturated carbocycles. The summed E-state index contributed by atoms with van der Waals surface area (Å²) in [6.07, 6.45) is 2.32. The van der Waals surface area contributed by atoms with E-state index < -0.39 is 3.79 Å². The van der Waals surface area contributed by atoms with Gasteiger partial charge in [-0.2, -0.15) is 0 Å². The number of nitrogens with one attached hydrogen (secondary N) is 1. The third-order valence-electron chi connectivity index (χ3n) is 3.93. The molecule has 4 aromatic rings. The number of halogens is 3. The first-order valence-corrected chi connectivity index (χ1v) is 8.40.